The molecule has 6 nitrogen and oxygen atoms in total. The van der Waals surface area contributed by atoms with E-state index in [1.807, 2.05) is 0 Å². The van der Waals surface area contributed by atoms with Gasteiger partial charge in [-0.15, -0.1) is 0 Å². The van der Waals surface area contributed by atoms with E-state index in [-0.39, 0.29) is 16.3 Å². The van der Waals surface area contributed by atoms with Gasteiger partial charge < -0.3 is 19.5 Å². The molecule has 132 valence electrons. The van der Waals surface area contributed by atoms with Crippen LogP contribution in [0.1, 0.15) is 10.4 Å². The molecule has 0 aliphatic carbocycles. The second-order valence-electron chi connectivity index (χ2n) is 4.79. The Morgan fingerprint density at radius 3 is 2.52 bits per heavy atom. The third kappa shape index (κ3) is 4.78. The molecule has 1 amide bonds. The van der Waals surface area contributed by atoms with Crippen LogP contribution in [0.5, 0.6) is 11.5 Å². The molecule has 0 aromatic heterocycles. The number of hydrogen-bond donors (Lipinski definition) is 1. The van der Waals surface area contributed by atoms with Gasteiger partial charge in [0.15, 0.2) is 6.61 Å². The summed E-state index contributed by atoms with van der Waals surface area (Å²) in [5, 5.41) is 3.03. The zero-order chi connectivity index (χ0) is 18.4. The molecule has 2 rings (SSSR count). The third-order valence-electron chi connectivity index (χ3n) is 3.19. The number of carbonyl (C=O) groups excluding carboxylic acids is 2. The molecule has 0 unspecified atom stereocenters. The Morgan fingerprint density at radius 2 is 1.84 bits per heavy atom. The lowest BCUT2D eigenvalue weighted by atomic mass is 10.2. The third-order valence-corrected chi connectivity index (χ3v) is 4.01. The van der Waals surface area contributed by atoms with Gasteiger partial charge in [0.1, 0.15) is 17.1 Å². The van der Waals surface area contributed by atoms with Gasteiger partial charge in [-0.1, -0.05) is 29.3 Å². The van der Waals surface area contributed by atoms with Crippen molar-refractivity contribution in [1.82, 2.24) is 0 Å². The smallest absolute Gasteiger partial charge is 0.342 e. The fourth-order valence-electron chi connectivity index (χ4n) is 1.96. The molecule has 25 heavy (non-hydrogen) atoms. The number of hydrogen-bond acceptors (Lipinski definition) is 5. The predicted molar refractivity (Wildman–Crippen MR) is 94.9 cm³/mol. The first-order chi connectivity index (χ1) is 12.0. The van der Waals surface area contributed by atoms with E-state index in [2.05, 4.69) is 5.32 Å². The molecule has 0 saturated carbocycles. The van der Waals surface area contributed by atoms with Gasteiger partial charge in [0.05, 0.1) is 30.0 Å². The van der Waals surface area contributed by atoms with Crippen molar-refractivity contribution in [1.29, 1.82) is 0 Å². The summed E-state index contributed by atoms with van der Waals surface area (Å²) in [5.41, 5.74) is 0.508. The topological polar surface area (TPSA) is 73.9 Å². The average Bonchev–Trinajstić information content (AvgIpc) is 2.62. The highest BCUT2D eigenvalue weighted by atomic mass is 35.5. The molecule has 0 spiro atoms. The summed E-state index contributed by atoms with van der Waals surface area (Å²) >= 11 is 11.9. The summed E-state index contributed by atoms with van der Waals surface area (Å²) in [4.78, 5) is 24.1. The highest BCUT2D eigenvalue weighted by molar-refractivity contribution is 6.44. The van der Waals surface area contributed by atoms with Gasteiger partial charge in [0.25, 0.3) is 5.91 Å². The van der Waals surface area contributed by atoms with Crippen LogP contribution < -0.4 is 14.8 Å². The van der Waals surface area contributed by atoms with Gasteiger partial charge in [-0.2, -0.15) is 0 Å². The standard InChI is InChI=1S/C17H15Cl2NO5/c1-23-10-6-7-11(14(8-10)24-2)17(22)25-9-15(21)20-13-5-3-4-12(18)16(13)19/h3-8H,9H2,1-2H3,(H,20,21). The van der Waals surface area contributed by atoms with Crippen LogP contribution in [-0.2, 0) is 9.53 Å². The van der Waals surface area contributed by atoms with Crippen LogP contribution in [0.3, 0.4) is 0 Å². The second-order valence-corrected chi connectivity index (χ2v) is 5.58. The van der Waals surface area contributed by atoms with Crippen LogP contribution >= 0.6 is 23.2 Å². The summed E-state index contributed by atoms with van der Waals surface area (Å²) in [6, 6.07) is 9.44. The van der Waals surface area contributed by atoms with Crippen LogP contribution in [0.25, 0.3) is 0 Å². The molecule has 0 fully saturated rings. The summed E-state index contributed by atoms with van der Waals surface area (Å²) in [6.45, 7) is -0.489. The van der Waals surface area contributed by atoms with E-state index in [4.69, 9.17) is 37.4 Å². The normalized spacial score (nSPS) is 10.1. The Morgan fingerprint density at radius 1 is 1.08 bits per heavy atom. The first-order valence-electron chi connectivity index (χ1n) is 7.09. The molecule has 0 aliphatic heterocycles. The van der Waals surface area contributed by atoms with E-state index in [0.717, 1.165) is 0 Å². The van der Waals surface area contributed by atoms with E-state index in [9.17, 15) is 9.59 Å². The molecule has 1 N–H and O–H groups in total. The van der Waals surface area contributed by atoms with Crippen molar-refractivity contribution in [2.45, 2.75) is 0 Å². The van der Waals surface area contributed by atoms with Crippen molar-refractivity contribution in [2.24, 2.45) is 0 Å². The molecule has 8 heteroatoms. The number of esters is 1. The van der Waals surface area contributed by atoms with Crippen molar-refractivity contribution in [3.8, 4) is 11.5 Å². The van der Waals surface area contributed by atoms with Crippen molar-refractivity contribution >= 4 is 40.8 Å². The molecule has 0 heterocycles. The fraction of sp³-hybridized carbons (Fsp3) is 0.176. The highest BCUT2D eigenvalue weighted by Crippen LogP contribution is 2.29. The van der Waals surface area contributed by atoms with Crippen molar-refractivity contribution in [3.63, 3.8) is 0 Å². The van der Waals surface area contributed by atoms with Gasteiger partial charge in [0, 0.05) is 6.07 Å². The molecular weight excluding hydrogens is 369 g/mol. The van der Waals surface area contributed by atoms with E-state index in [1.54, 1.807) is 30.3 Å². The van der Waals surface area contributed by atoms with E-state index in [1.165, 1.54) is 20.3 Å². The van der Waals surface area contributed by atoms with Crippen LogP contribution in [0.2, 0.25) is 10.0 Å². The van der Waals surface area contributed by atoms with Crippen LogP contribution in [0.15, 0.2) is 36.4 Å². The van der Waals surface area contributed by atoms with Crippen LogP contribution in [-0.4, -0.2) is 32.7 Å². The number of methoxy groups -OCH3 is 2. The van der Waals surface area contributed by atoms with Gasteiger partial charge >= 0.3 is 5.97 Å². The molecule has 2 aromatic carbocycles. The Bertz CT molecular complexity index is 795. The minimum atomic E-state index is -0.702. The number of rotatable bonds is 6. The van der Waals surface area contributed by atoms with Crippen LogP contribution in [0.4, 0.5) is 5.69 Å². The number of nitrogens with one attached hydrogen (secondary N) is 1. The van der Waals surface area contributed by atoms with E-state index >= 15 is 0 Å². The lowest BCUT2D eigenvalue weighted by Gasteiger charge is -2.11. The van der Waals surface area contributed by atoms with Gasteiger partial charge in [0.2, 0.25) is 0 Å². The Kier molecular flexibility index (Phi) is 6.50. The van der Waals surface area contributed by atoms with Crippen LogP contribution in [0, 0.1) is 0 Å². The van der Waals surface area contributed by atoms with Crippen molar-refractivity contribution < 1.29 is 23.8 Å². The lowest BCUT2D eigenvalue weighted by molar-refractivity contribution is -0.119. The summed E-state index contributed by atoms with van der Waals surface area (Å²) in [5.74, 6) is -0.443. The molecule has 0 aliphatic rings. The molecule has 0 saturated heterocycles. The number of halogens is 2. The Hall–Kier alpha value is -2.44. The number of carbonyl (C=O) groups is 2. The maximum Gasteiger partial charge on any atom is 0.342 e. The van der Waals surface area contributed by atoms with Gasteiger partial charge in [-0.05, 0) is 24.3 Å². The quantitative estimate of drug-likeness (QED) is 0.767. The monoisotopic (exact) mass is 383 g/mol. The van der Waals surface area contributed by atoms with Gasteiger partial charge in [-0.3, -0.25) is 4.79 Å². The molecule has 0 atom stereocenters. The number of benzene rings is 2. The number of anilines is 1. The van der Waals surface area contributed by atoms with Gasteiger partial charge in [-0.25, -0.2) is 4.79 Å². The summed E-state index contributed by atoms with van der Waals surface area (Å²) in [6.07, 6.45) is 0. The molecular formula is C17H15Cl2NO5. The Labute approximate surface area is 154 Å². The number of ether oxygens (including phenoxy) is 3. The van der Waals surface area contributed by atoms with E-state index in [0.29, 0.717) is 16.5 Å². The maximum absolute atomic E-state index is 12.1. The second kappa shape index (κ2) is 8.60. The Balaban J connectivity index is 2.00. The maximum atomic E-state index is 12.1. The lowest BCUT2D eigenvalue weighted by Crippen LogP contribution is -2.21. The zero-order valence-electron chi connectivity index (χ0n) is 13.5. The molecule has 0 bridgehead atoms. The fourth-order valence-corrected chi connectivity index (χ4v) is 2.31. The summed E-state index contributed by atoms with van der Waals surface area (Å²) in [7, 11) is 2.91. The zero-order valence-corrected chi connectivity index (χ0v) is 15.0. The predicted octanol–water partition coefficient (Wildman–Crippen LogP) is 3.81. The van der Waals surface area contributed by atoms with Crippen molar-refractivity contribution in [3.05, 3.63) is 52.0 Å². The van der Waals surface area contributed by atoms with E-state index < -0.39 is 18.5 Å². The average molecular weight is 384 g/mol. The SMILES string of the molecule is COc1ccc(C(=O)OCC(=O)Nc2cccc(Cl)c2Cl)c(OC)c1. The molecule has 0 radical (unpaired) electrons. The summed E-state index contributed by atoms with van der Waals surface area (Å²) < 4.78 is 15.2. The first-order valence-corrected chi connectivity index (χ1v) is 7.85. The minimum absolute atomic E-state index is 0.178. The number of amides is 1. The minimum Gasteiger partial charge on any atom is -0.497 e. The highest BCUT2D eigenvalue weighted by Gasteiger charge is 2.17. The molecule has 2 aromatic rings. The van der Waals surface area contributed by atoms with Crippen molar-refractivity contribution in [2.75, 3.05) is 26.1 Å². The first kappa shape index (κ1) is 18.9. The largest absolute Gasteiger partial charge is 0.497 e.